The monoisotopic (exact) mass is 427 g/mol. The number of rotatable bonds is 6. The number of aryl methyl sites for hydroxylation is 2. The topological polar surface area (TPSA) is 129 Å². The van der Waals surface area contributed by atoms with E-state index in [1.807, 2.05) is 19.9 Å². The largest absolute Gasteiger partial charge is 0.449 e. The van der Waals surface area contributed by atoms with Crippen molar-refractivity contribution in [3.63, 3.8) is 0 Å². The highest BCUT2D eigenvalue weighted by molar-refractivity contribution is 5.97. The molecule has 11 heteroatoms. The van der Waals surface area contributed by atoms with E-state index in [9.17, 15) is 24.1 Å². The zero-order valence-corrected chi connectivity index (χ0v) is 16.8. The number of carbonyl (C=O) groups excluding carboxylic acids is 2. The Bertz CT molecular complexity index is 1160. The molecule has 0 saturated heterocycles. The molecule has 0 radical (unpaired) electrons. The van der Waals surface area contributed by atoms with E-state index in [0.29, 0.717) is 5.82 Å². The van der Waals surface area contributed by atoms with E-state index in [1.54, 1.807) is 10.7 Å². The molecule has 0 spiro atoms. The van der Waals surface area contributed by atoms with Crippen molar-refractivity contribution >= 4 is 23.3 Å². The van der Waals surface area contributed by atoms with Crippen LogP contribution in [0.4, 0.5) is 15.8 Å². The average molecular weight is 427 g/mol. The zero-order chi connectivity index (χ0) is 22.7. The molecule has 3 rings (SSSR count). The molecule has 2 heterocycles. The normalized spacial score (nSPS) is 11.6. The number of pyridine rings is 1. The minimum atomic E-state index is -1.22. The summed E-state index contributed by atoms with van der Waals surface area (Å²) in [6.07, 6.45) is 0.0921. The molecule has 1 atom stereocenters. The Labute approximate surface area is 175 Å². The molecule has 31 heavy (non-hydrogen) atoms. The maximum Gasteiger partial charge on any atom is 0.340 e. The second-order valence-electron chi connectivity index (χ2n) is 6.70. The van der Waals surface area contributed by atoms with Crippen molar-refractivity contribution in [2.24, 2.45) is 0 Å². The first kappa shape index (κ1) is 21.6. The van der Waals surface area contributed by atoms with Crippen molar-refractivity contribution in [1.29, 1.82) is 0 Å². The number of nitro groups is 1. The van der Waals surface area contributed by atoms with E-state index in [0.717, 1.165) is 29.6 Å². The molecule has 3 aromatic rings. The van der Waals surface area contributed by atoms with Crippen molar-refractivity contribution < 1.29 is 23.6 Å². The van der Waals surface area contributed by atoms with Gasteiger partial charge in [0.2, 0.25) is 5.82 Å². The second kappa shape index (κ2) is 8.69. The summed E-state index contributed by atoms with van der Waals surface area (Å²) < 4.78 is 20.2. The van der Waals surface area contributed by atoms with Crippen molar-refractivity contribution in [3.8, 4) is 5.82 Å². The summed E-state index contributed by atoms with van der Waals surface area (Å²) in [5, 5.41) is 17.5. The second-order valence-corrected chi connectivity index (χ2v) is 6.70. The number of carbonyl (C=O) groups is 2. The van der Waals surface area contributed by atoms with Crippen LogP contribution in [0.2, 0.25) is 0 Å². The van der Waals surface area contributed by atoms with E-state index in [2.05, 4.69) is 15.4 Å². The van der Waals surface area contributed by atoms with Gasteiger partial charge in [0.15, 0.2) is 11.9 Å². The number of halogens is 1. The average Bonchev–Trinajstić information content (AvgIpc) is 3.07. The molecule has 1 unspecified atom stereocenters. The van der Waals surface area contributed by atoms with Crippen molar-refractivity contribution in [2.75, 3.05) is 5.32 Å². The molecule has 1 amide bonds. The highest BCUT2D eigenvalue weighted by Crippen LogP contribution is 2.22. The quantitative estimate of drug-likeness (QED) is 0.363. The molecule has 0 aliphatic heterocycles. The maximum absolute atomic E-state index is 13.4. The van der Waals surface area contributed by atoms with Gasteiger partial charge in [-0.05, 0) is 51.1 Å². The predicted octanol–water partition coefficient (Wildman–Crippen LogP) is 3.12. The number of nitrogens with one attached hydrogen (secondary N) is 1. The highest BCUT2D eigenvalue weighted by Gasteiger charge is 2.21. The lowest BCUT2D eigenvalue weighted by molar-refractivity contribution is -0.387. The molecule has 160 valence electrons. The first-order valence-electron chi connectivity index (χ1n) is 9.11. The minimum Gasteiger partial charge on any atom is -0.449 e. The molecule has 1 aromatic carbocycles. The van der Waals surface area contributed by atoms with Crippen LogP contribution in [-0.2, 0) is 9.53 Å². The number of hydrogen-bond acceptors (Lipinski definition) is 7. The number of anilines is 1. The number of nitrogens with zero attached hydrogens (tertiary/aromatic N) is 4. The highest BCUT2D eigenvalue weighted by atomic mass is 19.1. The fourth-order valence-corrected chi connectivity index (χ4v) is 2.75. The van der Waals surface area contributed by atoms with Crippen LogP contribution in [0.5, 0.6) is 0 Å². The van der Waals surface area contributed by atoms with Crippen LogP contribution in [0.3, 0.4) is 0 Å². The molecule has 1 N–H and O–H groups in total. The van der Waals surface area contributed by atoms with Gasteiger partial charge in [0.05, 0.1) is 16.2 Å². The summed E-state index contributed by atoms with van der Waals surface area (Å²) in [6, 6.07) is 7.88. The fraction of sp³-hybridized carbons (Fsp3) is 0.200. The minimum absolute atomic E-state index is 0.00287. The number of amides is 1. The molecule has 0 saturated carbocycles. The Morgan fingerprint density at radius 1 is 1.23 bits per heavy atom. The van der Waals surface area contributed by atoms with Gasteiger partial charge >= 0.3 is 11.7 Å². The van der Waals surface area contributed by atoms with Crippen LogP contribution in [0.1, 0.15) is 28.7 Å². The Balaban J connectivity index is 1.64. The lowest BCUT2D eigenvalue weighted by Gasteiger charge is -2.13. The molecule has 0 aliphatic carbocycles. The summed E-state index contributed by atoms with van der Waals surface area (Å²) in [4.78, 5) is 38.7. The van der Waals surface area contributed by atoms with Crippen LogP contribution < -0.4 is 5.32 Å². The summed E-state index contributed by atoms with van der Waals surface area (Å²) >= 11 is 0. The van der Waals surface area contributed by atoms with Crippen LogP contribution in [0.25, 0.3) is 5.82 Å². The molecular formula is C20H18FN5O5. The first-order chi connectivity index (χ1) is 14.7. The smallest absolute Gasteiger partial charge is 0.340 e. The third-order valence-corrected chi connectivity index (χ3v) is 4.27. The number of esters is 1. The van der Waals surface area contributed by atoms with Gasteiger partial charge in [-0.15, -0.1) is 0 Å². The zero-order valence-electron chi connectivity index (χ0n) is 16.8. The van der Waals surface area contributed by atoms with Gasteiger partial charge in [-0.3, -0.25) is 14.9 Å². The van der Waals surface area contributed by atoms with Crippen molar-refractivity contribution in [3.05, 3.63) is 75.5 Å². The molecule has 0 aliphatic rings. The van der Waals surface area contributed by atoms with E-state index >= 15 is 0 Å². The Morgan fingerprint density at radius 3 is 2.55 bits per heavy atom. The van der Waals surface area contributed by atoms with Crippen molar-refractivity contribution in [2.45, 2.75) is 26.9 Å². The van der Waals surface area contributed by atoms with Crippen LogP contribution >= 0.6 is 0 Å². The molecule has 0 fully saturated rings. The summed E-state index contributed by atoms with van der Waals surface area (Å²) in [5.41, 5.74) is 1.05. The third kappa shape index (κ3) is 4.89. The standard InChI is InChI=1S/C20H18FN5O5/c1-11-8-12(2)25(24-11)18-7-4-14(10-22-18)20(28)31-13(3)19(27)23-15-5-6-16(21)17(9-15)26(29)30/h4-10,13H,1-3H3,(H,23,27). The van der Waals surface area contributed by atoms with Crippen LogP contribution in [0, 0.1) is 29.8 Å². The summed E-state index contributed by atoms with van der Waals surface area (Å²) in [6.45, 7) is 5.06. The summed E-state index contributed by atoms with van der Waals surface area (Å²) in [5.74, 6) is -2.02. The number of nitro benzene ring substituents is 1. The van der Waals surface area contributed by atoms with E-state index in [1.165, 1.54) is 19.2 Å². The van der Waals surface area contributed by atoms with Gasteiger partial charge in [-0.25, -0.2) is 14.5 Å². The molecule has 10 nitrogen and oxygen atoms in total. The molecular weight excluding hydrogens is 409 g/mol. The first-order valence-corrected chi connectivity index (χ1v) is 9.11. The van der Waals surface area contributed by atoms with Crippen molar-refractivity contribution in [1.82, 2.24) is 14.8 Å². The van der Waals surface area contributed by atoms with E-state index in [-0.39, 0.29) is 11.3 Å². The number of hydrogen-bond donors (Lipinski definition) is 1. The van der Waals surface area contributed by atoms with Gasteiger partial charge in [-0.1, -0.05) is 0 Å². The number of ether oxygens (including phenoxy) is 1. The molecule has 0 bridgehead atoms. The van der Waals surface area contributed by atoms with E-state index in [4.69, 9.17) is 4.74 Å². The predicted molar refractivity (Wildman–Crippen MR) is 107 cm³/mol. The lowest BCUT2D eigenvalue weighted by Crippen LogP contribution is -2.30. The summed E-state index contributed by atoms with van der Waals surface area (Å²) in [7, 11) is 0. The van der Waals surface area contributed by atoms with Crippen LogP contribution in [0.15, 0.2) is 42.6 Å². The van der Waals surface area contributed by atoms with Gasteiger partial charge < -0.3 is 10.1 Å². The lowest BCUT2D eigenvalue weighted by atomic mass is 10.2. The number of benzene rings is 1. The SMILES string of the molecule is Cc1cc(C)n(-c2ccc(C(=O)OC(C)C(=O)Nc3ccc(F)c([N+](=O)[O-])c3)cn2)n1. The van der Waals surface area contributed by atoms with E-state index < -0.39 is 34.4 Å². The Hall–Kier alpha value is -4.15. The fourth-order valence-electron chi connectivity index (χ4n) is 2.75. The van der Waals surface area contributed by atoms with Gasteiger partial charge in [0, 0.05) is 23.6 Å². The van der Waals surface area contributed by atoms with Crippen LogP contribution in [-0.4, -0.2) is 37.7 Å². The van der Waals surface area contributed by atoms with Gasteiger partial charge in [-0.2, -0.15) is 9.49 Å². The van der Waals surface area contributed by atoms with Gasteiger partial charge in [0.25, 0.3) is 5.91 Å². The third-order valence-electron chi connectivity index (χ3n) is 4.27. The Morgan fingerprint density at radius 2 is 1.97 bits per heavy atom. The molecule has 2 aromatic heterocycles. The maximum atomic E-state index is 13.4. The number of aromatic nitrogens is 3. The Kier molecular flexibility index (Phi) is 6.05. The van der Waals surface area contributed by atoms with Gasteiger partial charge in [0.1, 0.15) is 0 Å².